The lowest BCUT2D eigenvalue weighted by molar-refractivity contribution is 0.569. The van der Waals surface area contributed by atoms with E-state index in [9.17, 15) is 0 Å². The van der Waals surface area contributed by atoms with Crippen LogP contribution in [0.4, 0.5) is 0 Å². The summed E-state index contributed by atoms with van der Waals surface area (Å²) in [5.41, 5.74) is 12.4. The van der Waals surface area contributed by atoms with Gasteiger partial charge in [0.15, 0.2) is 0 Å². The zero-order valence-electron chi connectivity index (χ0n) is 23.3. The average Bonchev–Trinajstić information content (AvgIpc) is 2.86. The molecule has 0 saturated carbocycles. The molecule has 0 aliphatic rings. The minimum atomic E-state index is 0.0813. The molecule has 0 N–H and O–H groups in total. The second-order valence-corrected chi connectivity index (χ2v) is 12.1. The molecule has 186 valence electrons. The Hall–Kier alpha value is -3.12. The van der Waals surface area contributed by atoms with Gasteiger partial charge in [-0.1, -0.05) is 146 Å². The first-order valence-electron chi connectivity index (χ1n) is 13.5. The SMILES string of the molecule is CCCCc1c(-c2ccccc2)ccc(-c2cc(C(C)(C)C)cc(C(C)(C)C)c2)c1-c1ccccc1. The predicted molar refractivity (Wildman–Crippen MR) is 159 cm³/mol. The summed E-state index contributed by atoms with van der Waals surface area (Å²) < 4.78 is 0. The average molecular weight is 475 g/mol. The molecular formula is C36H42. The summed E-state index contributed by atoms with van der Waals surface area (Å²) in [5, 5.41) is 0. The third kappa shape index (κ3) is 5.65. The molecule has 0 heteroatoms. The van der Waals surface area contributed by atoms with Gasteiger partial charge in [0.2, 0.25) is 0 Å². The number of unbranched alkanes of at least 4 members (excludes halogenated alkanes) is 1. The van der Waals surface area contributed by atoms with E-state index in [-0.39, 0.29) is 10.8 Å². The maximum absolute atomic E-state index is 2.43. The van der Waals surface area contributed by atoms with Crippen LogP contribution in [0.1, 0.15) is 78.0 Å². The van der Waals surface area contributed by atoms with Crippen molar-refractivity contribution in [2.24, 2.45) is 0 Å². The van der Waals surface area contributed by atoms with Gasteiger partial charge in [-0.3, -0.25) is 0 Å². The van der Waals surface area contributed by atoms with Gasteiger partial charge in [-0.25, -0.2) is 0 Å². The van der Waals surface area contributed by atoms with Crippen LogP contribution >= 0.6 is 0 Å². The molecule has 0 amide bonds. The van der Waals surface area contributed by atoms with Crippen LogP contribution in [0.15, 0.2) is 91.0 Å². The molecule has 0 aliphatic carbocycles. The summed E-state index contributed by atoms with van der Waals surface area (Å²) in [5.74, 6) is 0. The molecule has 0 unspecified atom stereocenters. The number of benzene rings is 4. The summed E-state index contributed by atoms with van der Waals surface area (Å²) >= 11 is 0. The Morgan fingerprint density at radius 2 is 1.03 bits per heavy atom. The Morgan fingerprint density at radius 3 is 1.53 bits per heavy atom. The molecule has 0 aliphatic heterocycles. The summed E-state index contributed by atoms with van der Waals surface area (Å²) in [7, 11) is 0. The van der Waals surface area contributed by atoms with Crippen LogP contribution in [-0.2, 0) is 17.3 Å². The predicted octanol–water partition coefficient (Wildman–Crippen LogP) is 10.6. The lowest BCUT2D eigenvalue weighted by Crippen LogP contribution is -2.16. The number of rotatable bonds is 6. The maximum atomic E-state index is 2.43. The second-order valence-electron chi connectivity index (χ2n) is 12.1. The Labute approximate surface area is 219 Å². The van der Waals surface area contributed by atoms with E-state index in [4.69, 9.17) is 0 Å². The third-order valence-corrected chi connectivity index (χ3v) is 7.22. The van der Waals surface area contributed by atoms with Crippen molar-refractivity contribution >= 4 is 0 Å². The van der Waals surface area contributed by atoms with Crippen molar-refractivity contribution in [1.82, 2.24) is 0 Å². The lowest BCUT2D eigenvalue weighted by Gasteiger charge is -2.27. The van der Waals surface area contributed by atoms with Crippen molar-refractivity contribution in [1.29, 1.82) is 0 Å². The fourth-order valence-corrected chi connectivity index (χ4v) is 4.97. The molecule has 0 heterocycles. The molecule has 0 bridgehead atoms. The highest BCUT2D eigenvalue weighted by Crippen LogP contribution is 2.43. The second kappa shape index (κ2) is 10.5. The van der Waals surface area contributed by atoms with E-state index in [1.165, 1.54) is 62.9 Å². The largest absolute Gasteiger partial charge is 0.0654 e. The topological polar surface area (TPSA) is 0 Å². The summed E-state index contributed by atoms with van der Waals surface area (Å²) in [6.45, 7) is 16.2. The van der Waals surface area contributed by atoms with Gasteiger partial charge in [0, 0.05) is 0 Å². The Balaban J connectivity index is 2.08. The molecule has 4 aromatic rings. The zero-order valence-corrected chi connectivity index (χ0v) is 23.3. The standard InChI is InChI=1S/C36H42/c1-8-9-20-33-31(26-16-12-10-13-17-26)21-22-32(34(33)27-18-14-11-15-19-27)28-23-29(35(2,3)4)25-30(24-28)36(5,6)7/h10-19,21-25H,8-9,20H2,1-7H3. The Kier molecular flexibility index (Phi) is 7.55. The Morgan fingerprint density at radius 1 is 0.528 bits per heavy atom. The van der Waals surface area contributed by atoms with Crippen molar-refractivity contribution in [3.05, 3.63) is 108 Å². The van der Waals surface area contributed by atoms with Crippen LogP contribution in [-0.4, -0.2) is 0 Å². The van der Waals surface area contributed by atoms with Crippen LogP contribution in [0.3, 0.4) is 0 Å². The van der Waals surface area contributed by atoms with Gasteiger partial charge >= 0.3 is 0 Å². The molecule has 0 nitrogen and oxygen atoms in total. The van der Waals surface area contributed by atoms with Crippen LogP contribution in [0.25, 0.3) is 33.4 Å². The zero-order chi connectivity index (χ0) is 25.9. The van der Waals surface area contributed by atoms with Crippen molar-refractivity contribution < 1.29 is 0 Å². The fraction of sp³-hybridized carbons (Fsp3) is 0.333. The Bertz CT molecular complexity index is 1260. The van der Waals surface area contributed by atoms with E-state index in [1.807, 2.05) is 0 Å². The number of hydrogen-bond acceptors (Lipinski definition) is 0. The highest BCUT2D eigenvalue weighted by atomic mass is 14.3. The first-order valence-corrected chi connectivity index (χ1v) is 13.5. The molecule has 0 spiro atoms. The minimum Gasteiger partial charge on any atom is -0.0654 e. The quantitative estimate of drug-likeness (QED) is 0.261. The third-order valence-electron chi connectivity index (χ3n) is 7.22. The molecule has 0 aromatic heterocycles. The van der Waals surface area contributed by atoms with E-state index in [0.717, 1.165) is 6.42 Å². The summed E-state index contributed by atoms with van der Waals surface area (Å²) in [6.07, 6.45) is 3.43. The molecule has 0 fully saturated rings. The first kappa shape index (κ1) is 26.0. The minimum absolute atomic E-state index is 0.0813. The highest BCUT2D eigenvalue weighted by molar-refractivity contribution is 5.91. The highest BCUT2D eigenvalue weighted by Gasteiger charge is 2.23. The normalized spacial score (nSPS) is 12.1. The van der Waals surface area contributed by atoms with Crippen LogP contribution < -0.4 is 0 Å². The monoisotopic (exact) mass is 474 g/mol. The smallest absolute Gasteiger partial charge is 0.00671 e. The van der Waals surface area contributed by atoms with Crippen LogP contribution in [0, 0.1) is 0 Å². The summed E-state index contributed by atoms with van der Waals surface area (Å²) in [4.78, 5) is 0. The van der Waals surface area contributed by atoms with E-state index < -0.39 is 0 Å². The van der Waals surface area contributed by atoms with Crippen molar-refractivity contribution in [3.8, 4) is 33.4 Å². The molecule has 36 heavy (non-hydrogen) atoms. The molecule has 0 atom stereocenters. The van der Waals surface area contributed by atoms with E-state index >= 15 is 0 Å². The molecule has 0 saturated heterocycles. The molecule has 4 aromatic carbocycles. The molecule has 4 rings (SSSR count). The van der Waals surface area contributed by atoms with E-state index in [0.29, 0.717) is 0 Å². The fourth-order valence-electron chi connectivity index (χ4n) is 4.97. The van der Waals surface area contributed by atoms with Gasteiger partial charge in [0.1, 0.15) is 0 Å². The lowest BCUT2D eigenvalue weighted by atomic mass is 9.77. The van der Waals surface area contributed by atoms with E-state index in [1.54, 1.807) is 0 Å². The van der Waals surface area contributed by atoms with Crippen LogP contribution in [0.5, 0.6) is 0 Å². The van der Waals surface area contributed by atoms with Gasteiger partial charge in [-0.2, -0.15) is 0 Å². The van der Waals surface area contributed by atoms with Gasteiger partial charge in [0.05, 0.1) is 0 Å². The van der Waals surface area contributed by atoms with E-state index in [2.05, 4.69) is 139 Å². The molecule has 0 radical (unpaired) electrons. The first-order chi connectivity index (χ1) is 17.1. The van der Waals surface area contributed by atoms with Crippen molar-refractivity contribution in [2.45, 2.75) is 78.6 Å². The molecular weight excluding hydrogens is 432 g/mol. The van der Waals surface area contributed by atoms with Crippen molar-refractivity contribution in [2.75, 3.05) is 0 Å². The van der Waals surface area contributed by atoms with Crippen molar-refractivity contribution in [3.63, 3.8) is 0 Å². The van der Waals surface area contributed by atoms with Gasteiger partial charge in [-0.05, 0) is 73.7 Å². The van der Waals surface area contributed by atoms with Crippen LogP contribution in [0.2, 0.25) is 0 Å². The number of hydrogen-bond donors (Lipinski definition) is 0. The summed E-state index contributed by atoms with van der Waals surface area (Å²) in [6, 6.07) is 33.9. The van der Waals surface area contributed by atoms with Gasteiger partial charge in [0.25, 0.3) is 0 Å². The van der Waals surface area contributed by atoms with Gasteiger partial charge < -0.3 is 0 Å². The maximum Gasteiger partial charge on any atom is -0.00671 e. The van der Waals surface area contributed by atoms with Gasteiger partial charge in [-0.15, -0.1) is 0 Å².